The van der Waals surface area contributed by atoms with Gasteiger partial charge in [0.2, 0.25) is 0 Å². The second kappa shape index (κ2) is 4.57. The van der Waals surface area contributed by atoms with Gasteiger partial charge in [0, 0.05) is 6.04 Å². The zero-order valence-electron chi connectivity index (χ0n) is 9.97. The predicted octanol–water partition coefficient (Wildman–Crippen LogP) is 2.34. The van der Waals surface area contributed by atoms with Crippen LogP contribution in [0.3, 0.4) is 0 Å². The Bertz CT molecular complexity index is 388. The Morgan fingerprint density at radius 3 is 2.59 bits per heavy atom. The highest BCUT2D eigenvalue weighted by atomic mass is 16.6. The summed E-state index contributed by atoms with van der Waals surface area (Å²) >= 11 is 0. The molecule has 3 rings (SSSR count). The molecule has 92 valence electrons. The minimum Gasteiger partial charge on any atom is -0.486 e. The van der Waals surface area contributed by atoms with Gasteiger partial charge in [-0.2, -0.15) is 0 Å². The molecule has 0 saturated heterocycles. The van der Waals surface area contributed by atoms with Crippen molar-refractivity contribution in [2.75, 3.05) is 6.61 Å². The summed E-state index contributed by atoms with van der Waals surface area (Å²) in [5.74, 6) is 2.27. The highest BCUT2D eigenvalue weighted by molar-refractivity contribution is 5.40. The van der Waals surface area contributed by atoms with Crippen molar-refractivity contribution in [1.29, 1.82) is 0 Å². The van der Waals surface area contributed by atoms with Crippen molar-refractivity contribution in [2.45, 2.75) is 37.8 Å². The predicted molar refractivity (Wildman–Crippen MR) is 66.3 cm³/mol. The van der Waals surface area contributed by atoms with E-state index in [1.807, 2.05) is 24.3 Å². The normalized spacial score (nSPS) is 25.8. The van der Waals surface area contributed by atoms with Gasteiger partial charge in [0.05, 0.1) is 0 Å². The lowest BCUT2D eigenvalue weighted by Gasteiger charge is -2.33. The average molecular weight is 233 g/mol. The van der Waals surface area contributed by atoms with Crippen molar-refractivity contribution in [2.24, 2.45) is 11.7 Å². The first kappa shape index (κ1) is 10.9. The molecule has 1 aromatic carbocycles. The average Bonchev–Trinajstić information content (AvgIpc) is 2.91. The van der Waals surface area contributed by atoms with E-state index in [9.17, 15) is 0 Å². The van der Waals surface area contributed by atoms with E-state index in [1.165, 1.54) is 25.7 Å². The molecule has 1 aliphatic carbocycles. The van der Waals surface area contributed by atoms with Gasteiger partial charge in [-0.15, -0.1) is 0 Å². The van der Waals surface area contributed by atoms with Gasteiger partial charge in [0.15, 0.2) is 11.5 Å². The molecule has 2 N–H and O–H groups in total. The SMILES string of the molecule is NC(C1CCCC1)C1COc2ccccc2O1. The number of para-hydroxylation sites is 2. The molecule has 2 aliphatic rings. The minimum absolute atomic E-state index is 0.00741. The summed E-state index contributed by atoms with van der Waals surface area (Å²) in [6, 6.07) is 7.91. The summed E-state index contributed by atoms with van der Waals surface area (Å²) in [6.45, 7) is 0.578. The molecule has 2 atom stereocenters. The van der Waals surface area contributed by atoms with Crippen LogP contribution in [0.25, 0.3) is 0 Å². The molecule has 1 aliphatic heterocycles. The van der Waals surface area contributed by atoms with E-state index in [0.29, 0.717) is 12.5 Å². The Morgan fingerprint density at radius 2 is 1.82 bits per heavy atom. The summed E-state index contributed by atoms with van der Waals surface area (Å²) in [7, 11) is 0. The summed E-state index contributed by atoms with van der Waals surface area (Å²) in [5, 5.41) is 0. The minimum atomic E-state index is 0.00741. The summed E-state index contributed by atoms with van der Waals surface area (Å²) in [5.41, 5.74) is 6.31. The zero-order valence-corrected chi connectivity index (χ0v) is 9.97. The van der Waals surface area contributed by atoms with Crippen molar-refractivity contribution < 1.29 is 9.47 Å². The molecule has 0 bridgehead atoms. The molecule has 1 saturated carbocycles. The van der Waals surface area contributed by atoms with Crippen molar-refractivity contribution in [3.05, 3.63) is 24.3 Å². The van der Waals surface area contributed by atoms with Crippen LogP contribution < -0.4 is 15.2 Å². The van der Waals surface area contributed by atoms with Gasteiger partial charge in [-0.05, 0) is 30.9 Å². The standard InChI is InChI=1S/C14H19NO2/c15-14(10-5-1-2-6-10)13-9-16-11-7-3-4-8-12(11)17-13/h3-4,7-8,10,13-14H,1-2,5-6,9,15H2. The van der Waals surface area contributed by atoms with E-state index in [-0.39, 0.29) is 12.1 Å². The third-order valence-electron chi connectivity index (χ3n) is 3.90. The van der Waals surface area contributed by atoms with E-state index in [2.05, 4.69) is 0 Å². The number of fused-ring (bicyclic) bond motifs is 1. The second-order valence-electron chi connectivity index (χ2n) is 5.04. The van der Waals surface area contributed by atoms with Crippen LogP contribution in [0, 0.1) is 5.92 Å². The molecule has 3 heteroatoms. The second-order valence-corrected chi connectivity index (χ2v) is 5.04. The fourth-order valence-electron chi connectivity index (χ4n) is 2.87. The van der Waals surface area contributed by atoms with Crippen LogP contribution in [0.5, 0.6) is 11.5 Å². The molecule has 17 heavy (non-hydrogen) atoms. The third kappa shape index (κ3) is 2.12. The Labute approximate surface area is 102 Å². The lowest BCUT2D eigenvalue weighted by Crippen LogP contribution is -2.48. The first-order valence-electron chi connectivity index (χ1n) is 6.48. The number of hydrogen-bond donors (Lipinski definition) is 1. The van der Waals surface area contributed by atoms with Crippen LogP contribution in [0.4, 0.5) is 0 Å². The monoisotopic (exact) mass is 233 g/mol. The van der Waals surface area contributed by atoms with E-state index < -0.39 is 0 Å². The van der Waals surface area contributed by atoms with Crippen LogP contribution >= 0.6 is 0 Å². The topological polar surface area (TPSA) is 44.5 Å². The van der Waals surface area contributed by atoms with Gasteiger partial charge in [0.25, 0.3) is 0 Å². The number of rotatable bonds is 2. The summed E-state index contributed by atoms with van der Waals surface area (Å²) < 4.78 is 11.7. The largest absolute Gasteiger partial charge is 0.486 e. The Hall–Kier alpha value is -1.22. The number of nitrogens with two attached hydrogens (primary N) is 1. The lowest BCUT2D eigenvalue weighted by molar-refractivity contribution is 0.0569. The van der Waals surface area contributed by atoms with Crippen LogP contribution in [-0.4, -0.2) is 18.8 Å². The van der Waals surface area contributed by atoms with Gasteiger partial charge >= 0.3 is 0 Å². The molecule has 0 radical (unpaired) electrons. The fourth-order valence-corrected chi connectivity index (χ4v) is 2.87. The first-order valence-corrected chi connectivity index (χ1v) is 6.48. The quantitative estimate of drug-likeness (QED) is 0.852. The lowest BCUT2D eigenvalue weighted by atomic mass is 9.94. The van der Waals surface area contributed by atoms with Crippen molar-refractivity contribution in [3.8, 4) is 11.5 Å². The molecule has 2 unspecified atom stereocenters. The van der Waals surface area contributed by atoms with Gasteiger partial charge in [-0.25, -0.2) is 0 Å². The van der Waals surface area contributed by atoms with Gasteiger partial charge < -0.3 is 15.2 Å². The third-order valence-corrected chi connectivity index (χ3v) is 3.90. The van der Waals surface area contributed by atoms with Crippen LogP contribution in [0.2, 0.25) is 0 Å². The molecule has 0 amide bonds. The number of hydrogen-bond acceptors (Lipinski definition) is 3. The Balaban J connectivity index is 1.70. The Morgan fingerprint density at radius 1 is 1.12 bits per heavy atom. The molecule has 1 fully saturated rings. The molecule has 3 nitrogen and oxygen atoms in total. The zero-order chi connectivity index (χ0) is 11.7. The maximum Gasteiger partial charge on any atom is 0.161 e. The maximum atomic E-state index is 6.31. The highest BCUT2D eigenvalue weighted by Crippen LogP contribution is 2.34. The van der Waals surface area contributed by atoms with Gasteiger partial charge in [-0.3, -0.25) is 0 Å². The molecule has 1 heterocycles. The van der Waals surface area contributed by atoms with Crippen LogP contribution in [0.15, 0.2) is 24.3 Å². The van der Waals surface area contributed by atoms with Crippen molar-refractivity contribution >= 4 is 0 Å². The summed E-state index contributed by atoms with van der Waals surface area (Å²) in [4.78, 5) is 0. The van der Waals surface area contributed by atoms with Crippen molar-refractivity contribution in [3.63, 3.8) is 0 Å². The summed E-state index contributed by atoms with van der Waals surface area (Å²) in [6.07, 6.45) is 5.10. The van der Waals surface area contributed by atoms with E-state index in [0.717, 1.165) is 11.5 Å². The molecule has 0 aromatic heterocycles. The highest BCUT2D eigenvalue weighted by Gasteiger charge is 2.33. The van der Waals surface area contributed by atoms with Gasteiger partial charge in [-0.1, -0.05) is 25.0 Å². The van der Waals surface area contributed by atoms with Crippen LogP contribution in [0.1, 0.15) is 25.7 Å². The molecular weight excluding hydrogens is 214 g/mol. The fraction of sp³-hybridized carbons (Fsp3) is 0.571. The smallest absolute Gasteiger partial charge is 0.161 e. The Kier molecular flexibility index (Phi) is 2.93. The first-order chi connectivity index (χ1) is 8.34. The number of ether oxygens (including phenoxy) is 2. The van der Waals surface area contributed by atoms with E-state index in [1.54, 1.807) is 0 Å². The van der Waals surface area contributed by atoms with Crippen molar-refractivity contribution in [1.82, 2.24) is 0 Å². The molecule has 0 spiro atoms. The van der Waals surface area contributed by atoms with Gasteiger partial charge in [0.1, 0.15) is 12.7 Å². The van der Waals surface area contributed by atoms with Crippen LogP contribution in [-0.2, 0) is 0 Å². The molecule has 1 aromatic rings. The van der Waals surface area contributed by atoms with E-state index in [4.69, 9.17) is 15.2 Å². The maximum absolute atomic E-state index is 6.31. The van der Waals surface area contributed by atoms with E-state index >= 15 is 0 Å². The molecular formula is C14H19NO2. The number of benzene rings is 1.